The fraction of sp³-hybridized carbons (Fsp3) is 0.450. The van der Waals surface area contributed by atoms with Crippen LogP contribution in [0.5, 0.6) is 0 Å². The van der Waals surface area contributed by atoms with E-state index in [0.29, 0.717) is 30.2 Å². The van der Waals surface area contributed by atoms with Gasteiger partial charge in [0.2, 0.25) is 5.95 Å². The van der Waals surface area contributed by atoms with Crippen LogP contribution >= 0.6 is 0 Å². The van der Waals surface area contributed by atoms with E-state index in [1.54, 1.807) is 20.2 Å². The van der Waals surface area contributed by atoms with Gasteiger partial charge < -0.3 is 26.0 Å². The lowest BCUT2D eigenvalue weighted by molar-refractivity contribution is 0.0672. The molecule has 1 unspecified atom stereocenters. The zero-order valence-corrected chi connectivity index (χ0v) is 17.1. The van der Waals surface area contributed by atoms with Gasteiger partial charge in [-0.1, -0.05) is 17.7 Å². The van der Waals surface area contributed by atoms with Gasteiger partial charge in [-0.3, -0.25) is 0 Å². The maximum absolute atomic E-state index is 10.0. The molecule has 5 N–H and O–H groups in total. The molecule has 150 valence electrons. The number of nitrogen functional groups attached to an aromatic ring is 1. The summed E-state index contributed by atoms with van der Waals surface area (Å²) in [5, 5.41) is 16.7. The molecule has 1 atom stereocenters. The molecule has 0 spiro atoms. The van der Waals surface area contributed by atoms with Gasteiger partial charge in [0.1, 0.15) is 0 Å². The highest BCUT2D eigenvalue weighted by Crippen LogP contribution is 2.23. The summed E-state index contributed by atoms with van der Waals surface area (Å²) in [5.74, 6) is 1.14. The molecule has 2 aromatic heterocycles. The number of aromatic nitrogens is 4. The molecule has 0 fully saturated rings. The number of rotatable bonds is 7. The Bertz CT molecular complexity index is 975. The third-order valence-corrected chi connectivity index (χ3v) is 4.49. The molecular formula is C20H29N7O. The first kappa shape index (κ1) is 19.9. The van der Waals surface area contributed by atoms with Crippen LogP contribution in [0.3, 0.4) is 0 Å². The number of imidazole rings is 1. The lowest BCUT2D eigenvalue weighted by Crippen LogP contribution is -2.29. The maximum atomic E-state index is 10.0. The molecule has 3 rings (SSSR count). The summed E-state index contributed by atoms with van der Waals surface area (Å²) < 4.78 is 1.86. The van der Waals surface area contributed by atoms with Gasteiger partial charge in [-0.2, -0.15) is 9.97 Å². The molecule has 3 aromatic rings. The molecule has 28 heavy (non-hydrogen) atoms. The summed E-state index contributed by atoms with van der Waals surface area (Å²) >= 11 is 0. The van der Waals surface area contributed by atoms with Crippen molar-refractivity contribution in [3.63, 3.8) is 0 Å². The van der Waals surface area contributed by atoms with E-state index in [9.17, 15) is 5.11 Å². The van der Waals surface area contributed by atoms with Gasteiger partial charge in [0.25, 0.3) is 0 Å². The van der Waals surface area contributed by atoms with Crippen molar-refractivity contribution in [3.05, 3.63) is 35.7 Å². The Morgan fingerprint density at radius 3 is 2.75 bits per heavy atom. The fourth-order valence-corrected chi connectivity index (χ4v) is 3.28. The highest BCUT2D eigenvalue weighted by Gasteiger charge is 2.19. The van der Waals surface area contributed by atoms with Crippen molar-refractivity contribution in [1.82, 2.24) is 19.5 Å². The van der Waals surface area contributed by atoms with Gasteiger partial charge in [0, 0.05) is 25.3 Å². The van der Waals surface area contributed by atoms with E-state index < -0.39 is 5.60 Å². The van der Waals surface area contributed by atoms with Crippen LogP contribution in [0, 0.1) is 6.92 Å². The summed E-state index contributed by atoms with van der Waals surface area (Å²) in [5.41, 5.74) is 9.65. The first-order valence-electron chi connectivity index (χ1n) is 9.39. The second-order valence-corrected chi connectivity index (χ2v) is 8.04. The standard InChI is InChI=1S/C20H29N7O/c1-12-6-7-15(21)14(8-12)10-22-17-16-18(27(5)11-23-16)26-19(25-17)24-13(2)9-20(3,4)28/h6-8,11,13,28H,9-10,21H2,1-5H3,(H2,22,24,25,26). The molecule has 2 heterocycles. The average Bonchev–Trinajstić information content (AvgIpc) is 2.95. The molecule has 1 aromatic carbocycles. The molecule has 0 radical (unpaired) electrons. The van der Waals surface area contributed by atoms with Crippen LogP contribution < -0.4 is 16.4 Å². The Kier molecular flexibility index (Phi) is 5.42. The minimum atomic E-state index is -0.771. The Morgan fingerprint density at radius 1 is 1.29 bits per heavy atom. The number of benzene rings is 1. The number of aliphatic hydroxyl groups is 1. The number of nitrogens with zero attached hydrogens (tertiary/aromatic N) is 4. The molecule has 0 bridgehead atoms. The van der Waals surface area contributed by atoms with E-state index in [1.807, 2.05) is 37.6 Å². The topological polar surface area (TPSA) is 114 Å². The quantitative estimate of drug-likeness (QED) is 0.464. The lowest BCUT2D eigenvalue weighted by atomic mass is 10.0. The summed E-state index contributed by atoms with van der Waals surface area (Å²) in [6.45, 7) is 8.14. The van der Waals surface area contributed by atoms with Gasteiger partial charge in [-0.05, 0) is 45.7 Å². The number of nitrogens with two attached hydrogens (primary N) is 1. The van der Waals surface area contributed by atoms with Crippen molar-refractivity contribution in [2.75, 3.05) is 16.4 Å². The van der Waals surface area contributed by atoms with Crippen LogP contribution in [0.25, 0.3) is 11.2 Å². The number of aryl methyl sites for hydroxylation is 2. The minimum absolute atomic E-state index is 0.00550. The van der Waals surface area contributed by atoms with E-state index in [-0.39, 0.29) is 6.04 Å². The first-order chi connectivity index (χ1) is 13.1. The lowest BCUT2D eigenvalue weighted by Gasteiger charge is -2.23. The SMILES string of the molecule is Cc1ccc(N)c(CNc2nc(NC(C)CC(C)(C)O)nc3c2ncn3C)c1. The summed E-state index contributed by atoms with van der Waals surface area (Å²) in [4.78, 5) is 13.6. The Balaban J connectivity index is 1.87. The molecule has 0 aliphatic carbocycles. The van der Waals surface area contributed by atoms with E-state index in [2.05, 4.69) is 31.7 Å². The predicted molar refractivity (Wildman–Crippen MR) is 113 cm³/mol. The Labute approximate surface area is 165 Å². The largest absolute Gasteiger partial charge is 0.398 e. The second kappa shape index (κ2) is 7.63. The molecule has 8 nitrogen and oxygen atoms in total. The van der Waals surface area contributed by atoms with Crippen LogP contribution in [0.4, 0.5) is 17.5 Å². The van der Waals surface area contributed by atoms with Crippen LogP contribution in [-0.4, -0.2) is 36.3 Å². The number of hydrogen-bond donors (Lipinski definition) is 4. The Morgan fingerprint density at radius 2 is 2.04 bits per heavy atom. The van der Waals surface area contributed by atoms with Gasteiger partial charge in [0.15, 0.2) is 17.0 Å². The highest BCUT2D eigenvalue weighted by atomic mass is 16.3. The van der Waals surface area contributed by atoms with E-state index >= 15 is 0 Å². The predicted octanol–water partition coefficient (Wildman–Crippen LogP) is 2.83. The van der Waals surface area contributed by atoms with E-state index in [0.717, 1.165) is 22.5 Å². The van der Waals surface area contributed by atoms with Crippen molar-refractivity contribution in [1.29, 1.82) is 0 Å². The van der Waals surface area contributed by atoms with Crippen LogP contribution in [0.2, 0.25) is 0 Å². The normalized spacial score (nSPS) is 12.9. The van der Waals surface area contributed by atoms with E-state index in [1.165, 1.54) is 0 Å². The molecule has 0 saturated heterocycles. The molecular weight excluding hydrogens is 354 g/mol. The minimum Gasteiger partial charge on any atom is -0.398 e. The number of nitrogens with one attached hydrogen (secondary N) is 2. The zero-order chi connectivity index (χ0) is 20.5. The summed E-state index contributed by atoms with van der Waals surface area (Å²) in [6, 6.07) is 5.97. The fourth-order valence-electron chi connectivity index (χ4n) is 3.28. The van der Waals surface area contributed by atoms with Gasteiger partial charge in [-0.25, -0.2) is 4.98 Å². The van der Waals surface area contributed by atoms with Gasteiger partial charge in [0.05, 0.1) is 11.9 Å². The number of hydrogen-bond acceptors (Lipinski definition) is 7. The highest BCUT2D eigenvalue weighted by molar-refractivity contribution is 5.84. The van der Waals surface area contributed by atoms with Crippen LogP contribution in [0.1, 0.15) is 38.3 Å². The smallest absolute Gasteiger partial charge is 0.226 e. The number of fused-ring (bicyclic) bond motifs is 1. The van der Waals surface area contributed by atoms with Crippen molar-refractivity contribution < 1.29 is 5.11 Å². The Hall–Kier alpha value is -2.87. The monoisotopic (exact) mass is 383 g/mol. The van der Waals surface area contributed by atoms with Crippen molar-refractivity contribution in [3.8, 4) is 0 Å². The van der Waals surface area contributed by atoms with E-state index in [4.69, 9.17) is 5.73 Å². The average molecular weight is 384 g/mol. The molecule has 0 aliphatic rings. The summed E-state index contributed by atoms with van der Waals surface area (Å²) in [6.07, 6.45) is 2.29. The summed E-state index contributed by atoms with van der Waals surface area (Å²) in [7, 11) is 1.90. The third-order valence-electron chi connectivity index (χ3n) is 4.49. The maximum Gasteiger partial charge on any atom is 0.226 e. The number of anilines is 3. The van der Waals surface area contributed by atoms with Crippen molar-refractivity contribution >= 4 is 28.6 Å². The molecule has 0 amide bonds. The van der Waals surface area contributed by atoms with Crippen molar-refractivity contribution in [2.45, 2.75) is 52.3 Å². The van der Waals surface area contributed by atoms with Gasteiger partial charge >= 0.3 is 0 Å². The second-order valence-electron chi connectivity index (χ2n) is 8.04. The molecule has 0 saturated carbocycles. The van der Waals surface area contributed by atoms with Crippen LogP contribution in [-0.2, 0) is 13.6 Å². The van der Waals surface area contributed by atoms with Crippen molar-refractivity contribution in [2.24, 2.45) is 7.05 Å². The van der Waals surface area contributed by atoms with Gasteiger partial charge in [-0.15, -0.1) is 0 Å². The molecule has 0 aliphatic heterocycles. The zero-order valence-electron chi connectivity index (χ0n) is 17.1. The molecule has 8 heteroatoms. The van der Waals surface area contributed by atoms with Crippen LogP contribution in [0.15, 0.2) is 24.5 Å². The third kappa shape index (κ3) is 4.69. The first-order valence-corrected chi connectivity index (χ1v) is 9.39.